The lowest BCUT2D eigenvalue weighted by atomic mass is 9.90. The summed E-state index contributed by atoms with van der Waals surface area (Å²) >= 11 is 0. The third-order valence-electron chi connectivity index (χ3n) is 3.66. The molecule has 2 rings (SSSR count). The number of likely N-dealkylation sites (N-methyl/N-ethyl adjacent to an activating group) is 1. The van der Waals surface area contributed by atoms with Crippen molar-refractivity contribution in [2.75, 3.05) is 7.05 Å². The van der Waals surface area contributed by atoms with Gasteiger partial charge in [-0.1, -0.05) is 12.8 Å². The van der Waals surface area contributed by atoms with Gasteiger partial charge in [0.15, 0.2) is 0 Å². The van der Waals surface area contributed by atoms with E-state index in [1.807, 2.05) is 19.4 Å². The maximum absolute atomic E-state index is 6.18. The Balaban J connectivity index is 1.96. The van der Waals surface area contributed by atoms with Crippen LogP contribution in [0.4, 0.5) is 0 Å². The molecule has 0 spiro atoms. The van der Waals surface area contributed by atoms with Crippen molar-refractivity contribution >= 4 is 0 Å². The number of nitrogens with two attached hydrogens (primary N) is 1. The number of nitrogens with zero attached hydrogens (tertiary/aromatic N) is 3. The molecule has 1 aliphatic rings. The highest BCUT2D eigenvalue weighted by atomic mass is 15.2. The lowest BCUT2D eigenvalue weighted by Gasteiger charge is -2.35. The Kier molecular flexibility index (Phi) is 3.61. The number of aromatic nitrogens is 2. The summed E-state index contributed by atoms with van der Waals surface area (Å²) in [5, 5.41) is 0. The lowest BCUT2D eigenvalue weighted by Crippen LogP contribution is -2.47. The highest BCUT2D eigenvalue weighted by molar-refractivity contribution is 4.93. The van der Waals surface area contributed by atoms with Gasteiger partial charge in [-0.15, -0.1) is 0 Å². The van der Waals surface area contributed by atoms with Crippen LogP contribution in [0.15, 0.2) is 12.4 Å². The molecular formula is C12H22N4. The Bertz CT molecular complexity index is 334. The van der Waals surface area contributed by atoms with Gasteiger partial charge in [0.05, 0.1) is 6.54 Å². The van der Waals surface area contributed by atoms with Crippen LogP contribution in [0, 0.1) is 0 Å². The van der Waals surface area contributed by atoms with Crippen LogP contribution in [0.3, 0.4) is 0 Å². The minimum atomic E-state index is 0.332. The molecule has 1 aliphatic carbocycles. The Labute approximate surface area is 97.4 Å². The number of hydrogen-bond donors (Lipinski definition) is 1. The normalized spacial score (nSPS) is 26.2. The van der Waals surface area contributed by atoms with E-state index in [4.69, 9.17) is 5.73 Å². The van der Waals surface area contributed by atoms with Crippen LogP contribution in [0.2, 0.25) is 0 Å². The molecule has 4 heteroatoms. The fraction of sp³-hybridized carbons (Fsp3) is 0.750. The molecule has 2 atom stereocenters. The van der Waals surface area contributed by atoms with Crippen LogP contribution in [0.1, 0.15) is 31.5 Å². The van der Waals surface area contributed by atoms with Gasteiger partial charge in [0.25, 0.3) is 0 Å². The van der Waals surface area contributed by atoms with E-state index in [-0.39, 0.29) is 0 Å². The number of hydrogen-bond acceptors (Lipinski definition) is 3. The Hall–Kier alpha value is -0.870. The summed E-state index contributed by atoms with van der Waals surface area (Å²) < 4.78 is 2.07. The van der Waals surface area contributed by atoms with Gasteiger partial charge >= 0.3 is 0 Å². The number of aryl methyl sites for hydroxylation is 1. The van der Waals surface area contributed by atoms with Gasteiger partial charge in [-0.3, -0.25) is 4.90 Å². The van der Waals surface area contributed by atoms with Crippen molar-refractivity contribution in [3.8, 4) is 0 Å². The smallest absolute Gasteiger partial charge is 0.122 e. The fourth-order valence-corrected chi connectivity index (χ4v) is 2.58. The van der Waals surface area contributed by atoms with E-state index in [2.05, 4.69) is 21.5 Å². The molecule has 0 aromatic carbocycles. The number of imidazole rings is 1. The predicted molar refractivity (Wildman–Crippen MR) is 64.9 cm³/mol. The summed E-state index contributed by atoms with van der Waals surface area (Å²) in [4.78, 5) is 6.71. The molecule has 1 aromatic heterocycles. The van der Waals surface area contributed by atoms with E-state index in [9.17, 15) is 0 Å². The topological polar surface area (TPSA) is 47.1 Å². The lowest BCUT2D eigenvalue weighted by molar-refractivity contribution is 0.158. The maximum Gasteiger partial charge on any atom is 0.122 e. The molecule has 0 saturated heterocycles. The van der Waals surface area contributed by atoms with Gasteiger partial charge in [0.2, 0.25) is 0 Å². The molecule has 16 heavy (non-hydrogen) atoms. The molecular weight excluding hydrogens is 200 g/mol. The minimum absolute atomic E-state index is 0.332. The summed E-state index contributed by atoms with van der Waals surface area (Å²) in [6.07, 6.45) is 8.82. The van der Waals surface area contributed by atoms with Gasteiger partial charge in [-0.25, -0.2) is 4.98 Å². The van der Waals surface area contributed by atoms with Crippen molar-refractivity contribution in [1.82, 2.24) is 14.5 Å². The predicted octanol–water partition coefficient (Wildman–Crippen LogP) is 1.12. The third-order valence-corrected chi connectivity index (χ3v) is 3.66. The standard InChI is InChI=1S/C12H22N4/c1-15-8-7-14-12(15)9-16(2)11-6-4-3-5-10(11)13/h7-8,10-11H,3-6,9,13H2,1-2H3. The summed E-state index contributed by atoms with van der Waals surface area (Å²) in [6.45, 7) is 0.891. The van der Waals surface area contributed by atoms with Crippen molar-refractivity contribution < 1.29 is 0 Å². The zero-order valence-corrected chi connectivity index (χ0v) is 10.3. The van der Waals surface area contributed by atoms with Crippen LogP contribution in [-0.2, 0) is 13.6 Å². The van der Waals surface area contributed by atoms with E-state index >= 15 is 0 Å². The molecule has 1 saturated carbocycles. The Morgan fingerprint density at radius 2 is 2.25 bits per heavy atom. The van der Waals surface area contributed by atoms with Crippen LogP contribution in [-0.4, -0.2) is 33.6 Å². The molecule has 0 aliphatic heterocycles. The molecule has 1 fully saturated rings. The fourth-order valence-electron chi connectivity index (χ4n) is 2.58. The SMILES string of the molecule is CN(Cc1nccn1C)C1CCCCC1N. The van der Waals surface area contributed by atoms with Crippen molar-refractivity contribution in [1.29, 1.82) is 0 Å². The van der Waals surface area contributed by atoms with Crippen LogP contribution in [0.5, 0.6) is 0 Å². The highest BCUT2D eigenvalue weighted by Gasteiger charge is 2.25. The van der Waals surface area contributed by atoms with E-state index in [0.717, 1.165) is 18.8 Å². The second-order valence-electron chi connectivity index (χ2n) is 4.89. The molecule has 0 amide bonds. The first-order valence-corrected chi connectivity index (χ1v) is 6.10. The van der Waals surface area contributed by atoms with Crippen molar-refractivity contribution in [2.45, 2.75) is 44.3 Å². The first-order valence-electron chi connectivity index (χ1n) is 6.10. The van der Waals surface area contributed by atoms with Gasteiger partial charge in [0.1, 0.15) is 5.82 Å². The molecule has 1 aromatic rings. The second kappa shape index (κ2) is 4.97. The molecule has 4 nitrogen and oxygen atoms in total. The molecule has 90 valence electrons. The van der Waals surface area contributed by atoms with Crippen molar-refractivity contribution in [3.05, 3.63) is 18.2 Å². The largest absolute Gasteiger partial charge is 0.337 e. The van der Waals surface area contributed by atoms with E-state index in [1.54, 1.807) is 0 Å². The second-order valence-corrected chi connectivity index (χ2v) is 4.89. The first-order chi connectivity index (χ1) is 7.68. The van der Waals surface area contributed by atoms with Gasteiger partial charge in [-0.2, -0.15) is 0 Å². The number of rotatable bonds is 3. The molecule has 0 bridgehead atoms. The maximum atomic E-state index is 6.18. The van der Waals surface area contributed by atoms with Gasteiger partial charge in [0, 0.05) is 31.5 Å². The molecule has 0 radical (unpaired) electrons. The Morgan fingerprint density at radius 1 is 1.50 bits per heavy atom. The average molecular weight is 222 g/mol. The van der Waals surface area contributed by atoms with Gasteiger partial charge in [-0.05, 0) is 19.9 Å². The molecule has 2 N–H and O–H groups in total. The zero-order chi connectivity index (χ0) is 11.5. The minimum Gasteiger partial charge on any atom is -0.337 e. The summed E-state index contributed by atoms with van der Waals surface area (Å²) in [5.74, 6) is 1.11. The van der Waals surface area contributed by atoms with E-state index in [0.29, 0.717) is 12.1 Å². The average Bonchev–Trinajstić information content (AvgIpc) is 2.65. The van der Waals surface area contributed by atoms with E-state index < -0.39 is 0 Å². The zero-order valence-electron chi connectivity index (χ0n) is 10.3. The van der Waals surface area contributed by atoms with E-state index in [1.165, 1.54) is 19.3 Å². The third kappa shape index (κ3) is 2.44. The van der Waals surface area contributed by atoms with Crippen LogP contribution >= 0.6 is 0 Å². The van der Waals surface area contributed by atoms with Gasteiger partial charge < -0.3 is 10.3 Å². The summed E-state index contributed by atoms with van der Waals surface area (Å²) in [6, 6.07) is 0.851. The Morgan fingerprint density at radius 3 is 2.88 bits per heavy atom. The molecule has 2 unspecified atom stereocenters. The summed E-state index contributed by atoms with van der Waals surface area (Å²) in [5.41, 5.74) is 6.18. The summed E-state index contributed by atoms with van der Waals surface area (Å²) in [7, 11) is 4.20. The van der Waals surface area contributed by atoms with Crippen molar-refractivity contribution in [2.24, 2.45) is 12.8 Å². The van der Waals surface area contributed by atoms with Crippen LogP contribution in [0.25, 0.3) is 0 Å². The molecule has 1 heterocycles. The highest BCUT2D eigenvalue weighted by Crippen LogP contribution is 2.21. The van der Waals surface area contributed by atoms with Crippen molar-refractivity contribution in [3.63, 3.8) is 0 Å². The monoisotopic (exact) mass is 222 g/mol. The van der Waals surface area contributed by atoms with Crippen LogP contribution < -0.4 is 5.73 Å². The first kappa shape index (κ1) is 11.6. The quantitative estimate of drug-likeness (QED) is 0.833.